The van der Waals surface area contributed by atoms with Gasteiger partial charge in [-0.15, -0.1) is 0 Å². The fourth-order valence-corrected chi connectivity index (χ4v) is 3.76. The van der Waals surface area contributed by atoms with Gasteiger partial charge in [0.15, 0.2) is 0 Å². The number of sulfonamides is 1. The van der Waals surface area contributed by atoms with Crippen molar-refractivity contribution < 1.29 is 8.42 Å². The molecule has 0 spiro atoms. The minimum absolute atomic E-state index is 0.0276. The number of hydrogen-bond acceptors (Lipinski definition) is 3. The molecule has 0 amide bonds. The molecule has 5 nitrogen and oxygen atoms in total. The van der Waals surface area contributed by atoms with Crippen molar-refractivity contribution >= 4 is 44.3 Å². The lowest BCUT2D eigenvalue weighted by Gasteiger charge is -2.07. The van der Waals surface area contributed by atoms with Gasteiger partial charge in [-0.1, -0.05) is 35.3 Å². The quantitative estimate of drug-likeness (QED) is 0.753. The topological polar surface area (TPSA) is 74.8 Å². The summed E-state index contributed by atoms with van der Waals surface area (Å²) in [6, 6.07) is 11.7. The number of fused-ring (bicyclic) bond motifs is 1. The fourth-order valence-electron chi connectivity index (χ4n) is 2.01. The van der Waals surface area contributed by atoms with Crippen molar-refractivity contribution in [3.05, 3.63) is 58.3 Å². The lowest BCUT2D eigenvalue weighted by atomic mass is 10.3. The van der Waals surface area contributed by atoms with Crippen LogP contribution in [0.25, 0.3) is 11.0 Å². The maximum atomic E-state index is 12.3. The number of aromatic amines is 1. The number of imidazole rings is 1. The third kappa shape index (κ3) is 3.10. The highest BCUT2D eigenvalue weighted by Crippen LogP contribution is 2.25. The zero-order valence-corrected chi connectivity index (χ0v) is 13.5. The molecule has 1 heterocycles. The van der Waals surface area contributed by atoms with E-state index in [4.69, 9.17) is 23.2 Å². The fraction of sp³-hybridized carbons (Fsp3) is 0.0714. The number of aromatic nitrogens is 2. The summed E-state index contributed by atoms with van der Waals surface area (Å²) in [5.41, 5.74) is 1.62. The van der Waals surface area contributed by atoms with E-state index in [1.807, 2.05) is 24.3 Å². The van der Waals surface area contributed by atoms with Crippen molar-refractivity contribution in [3.8, 4) is 0 Å². The monoisotopic (exact) mass is 355 g/mol. The predicted molar refractivity (Wildman–Crippen MR) is 86.6 cm³/mol. The summed E-state index contributed by atoms with van der Waals surface area (Å²) in [6.07, 6.45) is 0. The van der Waals surface area contributed by atoms with Crippen LogP contribution in [0.1, 0.15) is 5.82 Å². The minimum atomic E-state index is -3.78. The van der Waals surface area contributed by atoms with Crippen molar-refractivity contribution in [2.45, 2.75) is 11.4 Å². The summed E-state index contributed by atoms with van der Waals surface area (Å²) < 4.78 is 27.1. The molecule has 0 aliphatic carbocycles. The van der Waals surface area contributed by atoms with Gasteiger partial charge >= 0.3 is 0 Å². The Labute approximate surface area is 137 Å². The van der Waals surface area contributed by atoms with Crippen molar-refractivity contribution in [1.82, 2.24) is 14.7 Å². The summed E-state index contributed by atoms with van der Waals surface area (Å²) >= 11 is 11.7. The van der Waals surface area contributed by atoms with E-state index in [9.17, 15) is 8.42 Å². The summed E-state index contributed by atoms with van der Waals surface area (Å²) in [5, 5.41) is 0.412. The van der Waals surface area contributed by atoms with E-state index >= 15 is 0 Å². The van der Waals surface area contributed by atoms with Gasteiger partial charge in [0.1, 0.15) is 10.7 Å². The molecule has 0 aliphatic rings. The first-order valence-corrected chi connectivity index (χ1v) is 8.58. The van der Waals surface area contributed by atoms with E-state index in [2.05, 4.69) is 14.7 Å². The summed E-state index contributed by atoms with van der Waals surface area (Å²) in [4.78, 5) is 7.30. The lowest BCUT2D eigenvalue weighted by Crippen LogP contribution is -2.24. The number of halogens is 2. The van der Waals surface area contributed by atoms with Gasteiger partial charge in [-0.2, -0.15) is 0 Å². The molecule has 114 valence electrons. The van der Waals surface area contributed by atoms with E-state index in [0.717, 1.165) is 11.0 Å². The van der Waals surface area contributed by atoms with E-state index < -0.39 is 10.0 Å². The normalized spacial score (nSPS) is 11.9. The Kier molecular flexibility index (Phi) is 4.10. The molecule has 2 aromatic carbocycles. The first-order valence-electron chi connectivity index (χ1n) is 6.34. The first kappa shape index (κ1) is 15.3. The van der Waals surface area contributed by atoms with Gasteiger partial charge in [0.25, 0.3) is 0 Å². The molecule has 22 heavy (non-hydrogen) atoms. The number of para-hydroxylation sites is 2. The van der Waals surface area contributed by atoms with Crippen LogP contribution in [-0.4, -0.2) is 18.4 Å². The van der Waals surface area contributed by atoms with Crippen LogP contribution >= 0.6 is 23.2 Å². The van der Waals surface area contributed by atoms with Gasteiger partial charge in [0.2, 0.25) is 10.0 Å². The molecular formula is C14H11Cl2N3O2S. The van der Waals surface area contributed by atoms with Crippen molar-refractivity contribution in [2.24, 2.45) is 0 Å². The van der Waals surface area contributed by atoms with Gasteiger partial charge in [-0.3, -0.25) is 0 Å². The Bertz CT molecular complexity index is 905. The van der Waals surface area contributed by atoms with Crippen LogP contribution in [0.2, 0.25) is 10.0 Å². The summed E-state index contributed by atoms with van der Waals surface area (Å²) in [6.45, 7) is 0.0276. The Balaban J connectivity index is 1.84. The van der Waals surface area contributed by atoms with Crippen LogP contribution < -0.4 is 4.72 Å². The molecule has 0 bridgehead atoms. The summed E-state index contributed by atoms with van der Waals surface area (Å²) in [7, 11) is -3.78. The Morgan fingerprint density at radius 2 is 1.91 bits per heavy atom. The Morgan fingerprint density at radius 1 is 1.14 bits per heavy atom. The Morgan fingerprint density at radius 3 is 2.68 bits per heavy atom. The molecular weight excluding hydrogens is 345 g/mol. The molecule has 1 aromatic heterocycles. The second kappa shape index (κ2) is 5.89. The van der Waals surface area contributed by atoms with Gasteiger partial charge < -0.3 is 4.98 Å². The van der Waals surface area contributed by atoms with Crippen LogP contribution in [0, 0.1) is 0 Å². The maximum Gasteiger partial charge on any atom is 0.242 e. The van der Waals surface area contributed by atoms with Crippen molar-refractivity contribution in [2.75, 3.05) is 0 Å². The molecule has 0 radical (unpaired) electrons. The van der Waals surface area contributed by atoms with Crippen molar-refractivity contribution in [3.63, 3.8) is 0 Å². The number of rotatable bonds is 4. The molecule has 0 fully saturated rings. The van der Waals surface area contributed by atoms with Crippen molar-refractivity contribution in [1.29, 1.82) is 0 Å². The average Bonchev–Trinajstić information content (AvgIpc) is 2.90. The highest BCUT2D eigenvalue weighted by atomic mass is 35.5. The Hall–Kier alpha value is -1.60. The summed E-state index contributed by atoms with van der Waals surface area (Å²) in [5.74, 6) is 0.517. The molecule has 3 aromatic rings. The largest absolute Gasteiger partial charge is 0.341 e. The van der Waals surface area contributed by atoms with Crippen LogP contribution in [0.5, 0.6) is 0 Å². The number of nitrogens with zero attached hydrogens (tertiary/aromatic N) is 1. The maximum absolute atomic E-state index is 12.3. The average molecular weight is 356 g/mol. The van der Waals surface area contributed by atoms with E-state index in [0.29, 0.717) is 10.8 Å². The standard InChI is InChI=1S/C14H11Cl2N3O2S/c15-9-5-6-10(16)13(7-9)22(20,21)17-8-14-18-11-3-1-2-4-12(11)19-14/h1-7,17H,8H2,(H,18,19). The zero-order valence-electron chi connectivity index (χ0n) is 11.2. The smallest absolute Gasteiger partial charge is 0.242 e. The number of benzene rings is 2. The van der Waals surface area contributed by atoms with Crippen LogP contribution in [-0.2, 0) is 16.6 Å². The van der Waals surface area contributed by atoms with E-state index in [-0.39, 0.29) is 16.5 Å². The van der Waals surface area contributed by atoms with Gasteiger partial charge in [0, 0.05) is 5.02 Å². The molecule has 0 saturated carbocycles. The second-order valence-corrected chi connectivity index (χ2v) is 7.18. The third-order valence-electron chi connectivity index (χ3n) is 3.05. The van der Waals surface area contributed by atoms with E-state index in [1.54, 1.807) is 0 Å². The van der Waals surface area contributed by atoms with Crippen LogP contribution in [0.3, 0.4) is 0 Å². The number of H-pyrrole nitrogens is 1. The zero-order chi connectivity index (χ0) is 15.7. The molecule has 8 heteroatoms. The third-order valence-corrected chi connectivity index (χ3v) is 5.17. The number of hydrogen-bond donors (Lipinski definition) is 2. The van der Waals surface area contributed by atoms with Gasteiger partial charge in [0.05, 0.1) is 22.6 Å². The molecule has 0 unspecified atom stereocenters. The predicted octanol–water partition coefficient (Wildman–Crippen LogP) is 3.35. The van der Waals surface area contributed by atoms with Crippen LogP contribution in [0.4, 0.5) is 0 Å². The van der Waals surface area contributed by atoms with Gasteiger partial charge in [-0.25, -0.2) is 18.1 Å². The van der Waals surface area contributed by atoms with Gasteiger partial charge in [-0.05, 0) is 30.3 Å². The highest BCUT2D eigenvalue weighted by Gasteiger charge is 2.18. The van der Waals surface area contributed by atoms with E-state index in [1.165, 1.54) is 18.2 Å². The van der Waals surface area contributed by atoms with Crippen LogP contribution in [0.15, 0.2) is 47.4 Å². The first-order chi connectivity index (χ1) is 10.5. The molecule has 0 atom stereocenters. The lowest BCUT2D eigenvalue weighted by molar-refractivity contribution is 0.580. The molecule has 0 aliphatic heterocycles. The molecule has 3 rings (SSSR count). The second-order valence-electron chi connectivity index (χ2n) is 4.60. The minimum Gasteiger partial charge on any atom is -0.341 e. The SMILES string of the molecule is O=S(=O)(NCc1nc2ccccc2[nH]1)c1cc(Cl)ccc1Cl. The molecule has 0 saturated heterocycles. The highest BCUT2D eigenvalue weighted by molar-refractivity contribution is 7.89. The number of nitrogens with one attached hydrogen (secondary N) is 2. The molecule has 2 N–H and O–H groups in total.